The smallest absolute Gasteiger partial charge is 0.222 e. The second-order valence-corrected chi connectivity index (χ2v) is 5.64. The number of amides is 1. The molecule has 1 amide bonds. The van der Waals surface area contributed by atoms with E-state index in [0.717, 1.165) is 52.0 Å². The maximum atomic E-state index is 12.1. The largest absolute Gasteiger partial charge is 0.382 e. The van der Waals surface area contributed by atoms with Crippen molar-refractivity contribution >= 4 is 5.91 Å². The van der Waals surface area contributed by atoms with Gasteiger partial charge in [-0.1, -0.05) is 6.92 Å². The van der Waals surface area contributed by atoms with Crippen LogP contribution in [0.25, 0.3) is 0 Å². The highest BCUT2D eigenvalue weighted by atomic mass is 16.5. The quantitative estimate of drug-likeness (QED) is 0.725. The molecule has 5 nitrogen and oxygen atoms in total. The summed E-state index contributed by atoms with van der Waals surface area (Å²) in [5.41, 5.74) is 5.67. The predicted octanol–water partition coefficient (Wildman–Crippen LogP) is 1.07. The lowest BCUT2D eigenvalue weighted by Crippen LogP contribution is -2.52. The molecule has 0 spiro atoms. The van der Waals surface area contributed by atoms with Gasteiger partial charge in [-0.3, -0.25) is 9.69 Å². The summed E-state index contributed by atoms with van der Waals surface area (Å²) in [6, 6.07) is 0.575. The third kappa shape index (κ3) is 5.38. The summed E-state index contributed by atoms with van der Waals surface area (Å²) in [6.07, 6.45) is 3.75. The number of piperazine rings is 1. The van der Waals surface area contributed by atoms with Crippen LogP contribution in [0.2, 0.25) is 0 Å². The van der Waals surface area contributed by atoms with Crippen LogP contribution in [0.3, 0.4) is 0 Å². The van der Waals surface area contributed by atoms with Crippen molar-refractivity contribution in [2.24, 2.45) is 5.73 Å². The van der Waals surface area contributed by atoms with Gasteiger partial charge in [-0.2, -0.15) is 0 Å². The Morgan fingerprint density at radius 2 is 1.90 bits per heavy atom. The number of rotatable bonds is 8. The third-order valence-corrected chi connectivity index (χ3v) is 4.32. The SMILES string of the molecule is CCC(CCN)N1CCN(C(=O)CCC(C)OC)CC1. The van der Waals surface area contributed by atoms with Crippen molar-refractivity contribution in [1.29, 1.82) is 0 Å². The fourth-order valence-electron chi connectivity index (χ4n) is 2.78. The molecule has 2 atom stereocenters. The molecule has 118 valence electrons. The second-order valence-electron chi connectivity index (χ2n) is 5.64. The molecule has 2 N–H and O–H groups in total. The number of nitrogens with two attached hydrogens (primary N) is 1. The molecule has 1 aliphatic rings. The molecule has 0 aromatic heterocycles. The molecule has 20 heavy (non-hydrogen) atoms. The number of carbonyl (C=O) groups excluding carboxylic acids is 1. The van der Waals surface area contributed by atoms with Crippen molar-refractivity contribution in [2.45, 2.75) is 51.7 Å². The first-order valence-corrected chi connectivity index (χ1v) is 7.87. The van der Waals surface area contributed by atoms with E-state index in [4.69, 9.17) is 10.5 Å². The number of ether oxygens (including phenoxy) is 1. The van der Waals surface area contributed by atoms with Crippen LogP contribution in [0, 0.1) is 0 Å². The van der Waals surface area contributed by atoms with Gasteiger partial charge in [-0.25, -0.2) is 0 Å². The van der Waals surface area contributed by atoms with E-state index in [2.05, 4.69) is 11.8 Å². The van der Waals surface area contributed by atoms with Crippen LogP contribution in [0.5, 0.6) is 0 Å². The molecule has 2 unspecified atom stereocenters. The number of hydrogen-bond acceptors (Lipinski definition) is 4. The third-order valence-electron chi connectivity index (χ3n) is 4.32. The fourth-order valence-corrected chi connectivity index (χ4v) is 2.78. The normalized spacial score (nSPS) is 19.9. The molecule has 0 aromatic carbocycles. The summed E-state index contributed by atoms with van der Waals surface area (Å²) in [5.74, 6) is 0.264. The molecule has 1 aliphatic heterocycles. The van der Waals surface area contributed by atoms with Gasteiger partial charge in [0.2, 0.25) is 5.91 Å². The molecule has 1 heterocycles. The zero-order valence-electron chi connectivity index (χ0n) is 13.3. The lowest BCUT2D eigenvalue weighted by Gasteiger charge is -2.39. The number of methoxy groups -OCH3 is 1. The average Bonchev–Trinajstić information content (AvgIpc) is 2.50. The van der Waals surface area contributed by atoms with Gasteiger partial charge in [0.25, 0.3) is 0 Å². The van der Waals surface area contributed by atoms with Crippen LogP contribution >= 0.6 is 0 Å². The van der Waals surface area contributed by atoms with E-state index >= 15 is 0 Å². The fraction of sp³-hybridized carbons (Fsp3) is 0.933. The summed E-state index contributed by atoms with van der Waals surface area (Å²) in [6.45, 7) is 8.61. The first kappa shape index (κ1) is 17.4. The molecule has 1 rings (SSSR count). The van der Waals surface area contributed by atoms with E-state index in [1.54, 1.807) is 7.11 Å². The lowest BCUT2D eigenvalue weighted by molar-refractivity contribution is -0.134. The van der Waals surface area contributed by atoms with Crippen molar-refractivity contribution in [1.82, 2.24) is 9.80 Å². The molecule has 1 saturated heterocycles. The van der Waals surface area contributed by atoms with Crippen LogP contribution < -0.4 is 5.73 Å². The monoisotopic (exact) mass is 285 g/mol. The lowest BCUT2D eigenvalue weighted by atomic mass is 10.1. The molecule has 0 bridgehead atoms. The van der Waals surface area contributed by atoms with E-state index in [1.807, 2.05) is 11.8 Å². The zero-order chi connectivity index (χ0) is 15.0. The number of hydrogen-bond donors (Lipinski definition) is 1. The second kappa shape index (κ2) is 9.32. The first-order chi connectivity index (χ1) is 9.62. The van der Waals surface area contributed by atoms with Crippen LogP contribution in [0.1, 0.15) is 39.5 Å². The summed E-state index contributed by atoms with van der Waals surface area (Å²) in [5, 5.41) is 0. The van der Waals surface area contributed by atoms with E-state index < -0.39 is 0 Å². The Bertz CT molecular complexity index is 278. The van der Waals surface area contributed by atoms with Crippen LogP contribution in [-0.2, 0) is 9.53 Å². The zero-order valence-corrected chi connectivity index (χ0v) is 13.3. The first-order valence-electron chi connectivity index (χ1n) is 7.87. The van der Waals surface area contributed by atoms with Crippen LogP contribution in [0.15, 0.2) is 0 Å². The molecule has 0 saturated carbocycles. The van der Waals surface area contributed by atoms with Gasteiger partial charge in [0, 0.05) is 45.8 Å². The predicted molar refractivity (Wildman–Crippen MR) is 81.6 cm³/mol. The van der Waals surface area contributed by atoms with Crippen molar-refractivity contribution < 1.29 is 9.53 Å². The minimum atomic E-state index is 0.161. The highest BCUT2D eigenvalue weighted by Crippen LogP contribution is 2.13. The highest BCUT2D eigenvalue weighted by molar-refractivity contribution is 5.76. The van der Waals surface area contributed by atoms with Gasteiger partial charge < -0.3 is 15.4 Å². The van der Waals surface area contributed by atoms with Gasteiger partial charge >= 0.3 is 0 Å². The van der Waals surface area contributed by atoms with Crippen LogP contribution in [0.4, 0.5) is 0 Å². The van der Waals surface area contributed by atoms with Crippen molar-refractivity contribution in [2.75, 3.05) is 39.8 Å². The molecule has 0 aromatic rings. The molecular weight excluding hydrogens is 254 g/mol. The van der Waals surface area contributed by atoms with Crippen molar-refractivity contribution in [3.63, 3.8) is 0 Å². The van der Waals surface area contributed by atoms with E-state index in [9.17, 15) is 4.79 Å². The molecule has 5 heteroatoms. The minimum absolute atomic E-state index is 0.161. The van der Waals surface area contributed by atoms with Crippen molar-refractivity contribution in [3.8, 4) is 0 Å². The Morgan fingerprint density at radius 1 is 1.25 bits per heavy atom. The highest BCUT2D eigenvalue weighted by Gasteiger charge is 2.24. The van der Waals surface area contributed by atoms with Gasteiger partial charge in [-0.05, 0) is 32.7 Å². The van der Waals surface area contributed by atoms with Gasteiger partial charge in [-0.15, -0.1) is 0 Å². The summed E-state index contributed by atoms with van der Waals surface area (Å²) in [7, 11) is 1.69. The maximum Gasteiger partial charge on any atom is 0.222 e. The van der Waals surface area contributed by atoms with Gasteiger partial charge in [0.1, 0.15) is 0 Å². The average molecular weight is 285 g/mol. The standard InChI is InChI=1S/C15H31N3O2/c1-4-14(7-8-16)17-9-11-18(12-10-17)15(19)6-5-13(2)20-3/h13-14H,4-12,16H2,1-3H3. The Hall–Kier alpha value is -0.650. The van der Waals surface area contributed by atoms with Gasteiger partial charge in [0.15, 0.2) is 0 Å². The Labute approximate surface area is 123 Å². The summed E-state index contributed by atoms with van der Waals surface area (Å²) in [4.78, 5) is 16.6. The minimum Gasteiger partial charge on any atom is -0.382 e. The van der Waals surface area contributed by atoms with E-state index in [-0.39, 0.29) is 12.0 Å². The summed E-state index contributed by atoms with van der Waals surface area (Å²) < 4.78 is 5.19. The van der Waals surface area contributed by atoms with E-state index in [0.29, 0.717) is 12.5 Å². The molecule has 1 fully saturated rings. The molecule has 0 radical (unpaired) electrons. The van der Waals surface area contributed by atoms with Crippen LogP contribution in [-0.4, -0.2) is 67.7 Å². The topological polar surface area (TPSA) is 58.8 Å². The maximum absolute atomic E-state index is 12.1. The molecule has 0 aliphatic carbocycles. The van der Waals surface area contributed by atoms with Crippen molar-refractivity contribution in [3.05, 3.63) is 0 Å². The van der Waals surface area contributed by atoms with Gasteiger partial charge in [0.05, 0.1) is 6.10 Å². The molecular formula is C15H31N3O2. The Morgan fingerprint density at radius 3 is 2.40 bits per heavy atom. The number of carbonyl (C=O) groups is 1. The Balaban J connectivity index is 2.32. The Kier molecular flexibility index (Phi) is 8.11. The van der Waals surface area contributed by atoms with E-state index in [1.165, 1.54) is 0 Å². The number of nitrogens with zero attached hydrogens (tertiary/aromatic N) is 2. The summed E-state index contributed by atoms with van der Waals surface area (Å²) >= 11 is 0.